The van der Waals surface area contributed by atoms with E-state index in [1.54, 1.807) is 18.0 Å². The molecule has 17 heavy (non-hydrogen) atoms. The maximum absolute atomic E-state index is 5.29. The van der Waals surface area contributed by atoms with Gasteiger partial charge in [0.2, 0.25) is 5.88 Å². The van der Waals surface area contributed by atoms with E-state index in [4.69, 9.17) is 4.74 Å². The number of amidine groups is 1. The van der Waals surface area contributed by atoms with E-state index in [0.29, 0.717) is 18.5 Å². The third-order valence-corrected chi connectivity index (χ3v) is 3.50. The van der Waals surface area contributed by atoms with Crippen LogP contribution in [0, 0.1) is 0 Å². The zero-order chi connectivity index (χ0) is 12.1. The zero-order valence-corrected chi connectivity index (χ0v) is 11.0. The molecule has 0 amide bonds. The van der Waals surface area contributed by atoms with E-state index < -0.39 is 0 Å². The van der Waals surface area contributed by atoms with E-state index in [9.17, 15) is 0 Å². The van der Waals surface area contributed by atoms with Gasteiger partial charge in [-0.1, -0.05) is 18.7 Å². The number of aromatic nitrogens is 1. The van der Waals surface area contributed by atoms with Crippen molar-refractivity contribution in [3.05, 3.63) is 18.3 Å². The smallest absolute Gasteiger partial charge is 0.213 e. The summed E-state index contributed by atoms with van der Waals surface area (Å²) < 4.78 is 5.29. The molecule has 5 heteroatoms. The second-order valence-corrected chi connectivity index (χ2v) is 4.76. The monoisotopic (exact) mass is 251 g/mol. The van der Waals surface area contributed by atoms with E-state index in [-0.39, 0.29) is 0 Å². The van der Waals surface area contributed by atoms with Gasteiger partial charge in [0, 0.05) is 11.8 Å². The summed E-state index contributed by atoms with van der Waals surface area (Å²) in [4.78, 5) is 8.77. The molecule has 2 rings (SSSR count). The van der Waals surface area contributed by atoms with Gasteiger partial charge in [0.25, 0.3) is 0 Å². The molecule has 0 bridgehead atoms. The minimum atomic E-state index is 0.457. The summed E-state index contributed by atoms with van der Waals surface area (Å²) in [5.74, 6) is 1.73. The average molecular weight is 251 g/mol. The molecule has 2 heterocycles. The highest BCUT2D eigenvalue weighted by Gasteiger charge is 2.16. The highest BCUT2D eigenvalue weighted by molar-refractivity contribution is 8.14. The van der Waals surface area contributed by atoms with Gasteiger partial charge in [-0.2, -0.15) is 0 Å². The summed E-state index contributed by atoms with van der Waals surface area (Å²) in [6, 6.07) is 4.28. The van der Waals surface area contributed by atoms with Crippen molar-refractivity contribution >= 4 is 22.6 Å². The lowest BCUT2D eigenvalue weighted by atomic mass is 10.3. The van der Waals surface area contributed by atoms with E-state index in [1.165, 1.54) is 0 Å². The lowest BCUT2D eigenvalue weighted by molar-refractivity contribution is 0.327. The zero-order valence-electron chi connectivity index (χ0n) is 10.1. The molecule has 1 unspecified atom stereocenters. The normalized spacial score (nSPS) is 18.9. The van der Waals surface area contributed by atoms with Gasteiger partial charge in [-0.05, 0) is 19.4 Å². The quantitative estimate of drug-likeness (QED) is 0.894. The Morgan fingerprint density at radius 1 is 1.47 bits per heavy atom. The molecule has 1 aromatic heterocycles. The minimum absolute atomic E-state index is 0.457. The number of nitrogens with one attached hydrogen (secondary N) is 1. The molecule has 0 radical (unpaired) electrons. The van der Waals surface area contributed by atoms with Crippen LogP contribution in [0.5, 0.6) is 5.88 Å². The van der Waals surface area contributed by atoms with Crippen LogP contribution in [0.2, 0.25) is 0 Å². The fourth-order valence-electron chi connectivity index (χ4n) is 1.50. The number of anilines is 1. The van der Waals surface area contributed by atoms with Crippen LogP contribution in [0.4, 0.5) is 5.69 Å². The Kier molecular flexibility index (Phi) is 4.25. The van der Waals surface area contributed by atoms with Crippen molar-refractivity contribution in [1.29, 1.82) is 0 Å². The van der Waals surface area contributed by atoms with Crippen molar-refractivity contribution in [2.75, 3.05) is 17.7 Å². The predicted octanol–water partition coefficient (Wildman–Crippen LogP) is 2.77. The molecule has 1 atom stereocenters. The van der Waals surface area contributed by atoms with Crippen LogP contribution in [0.1, 0.15) is 20.3 Å². The number of ether oxygens (including phenoxy) is 1. The number of thioether (sulfide) groups is 1. The topological polar surface area (TPSA) is 46.5 Å². The number of nitrogens with zero attached hydrogens (tertiary/aromatic N) is 2. The first-order chi connectivity index (χ1) is 8.31. The van der Waals surface area contributed by atoms with Crippen LogP contribution in [0.15, 0.2) is 23.3 Å². The Hall–Kier alpha value is -1.23. The van der Waals surface area contributed by atoms with Crippen LogP contribution in [-0.4, -0.2) is 28.6 Å². The maximum atomic E-state index is 5.29. The Balaban J connectivity index is 1.95. The average Bonchev–Trinajstić information content (AvgIpc) is 2.80. The number of aliphatic imine (C=N–C) groups is 1. The molecular weight excluding hydrogens is 234 g/mol. The highest BCUT2D eigenvalue weighted by Crippen LogP contribution is 2.22. The molecule has 0 aromatic carbocycles. The van der Waals surface area contributed by atoms with Gasteiger partial charge in [-0.3, -0.25) is 4.99 Å². The van der Waals surface area contributed by atoms with Crippen molar-refractivity contribution in [2.45, 2.75) is 26.3 Å². The molecule has 1 N–H and O–H groups in total. The van der Waals surface area contributed by atoms with Gasteiger partial charge in [-0.15, -0.1) is 0 Å². The van der Waals surface area contributed by atoms with Gasteiger partial charge in [0.05, 0.1) is 24.5 Å². The molecular formula is C12H17N3OS. The van der Waals surface area contributed by atoms with Gasteiger partial charge in [-0.25, -0.2) is 4.98 Å². The summed E-state index contributed by atoms with van der Waals surface area (Å²) in [7, 11) is 0. The van der Waals surface area contributed by atoms with Crippen molar-refractivity contribution in [2.24, 2.45) is 4.99 Å². The summed E-state index contributed by atoms with van der Waals surface area (Å²) in [5.41, 5.74) is 0.955. The number of hydrogen-bond acceptors (Lipinski definition) is 5. The summed E-state index contributed by atoms with van der Waals surface area (Å²) in [6.07, 6.45) is 2.87. The first-order valence-electron chi connectivity index (χ1n) is 5.88. The van der Waals surface area contributed by atoms with E-state index in [2.05, 4.69) is 22.2 Å². The Morgan fingerprint density at radius 3 is 2.94 bits per heavy atom. The molecule has 0 saturated carbocycles. The Bertz CT molecular complexity index is 391. The fourth-order valence-corrected chi connectivity index (χ4v) is 2.58. The van der Waals surface area contributed by atoms with Crippen LogP contribution in [0.3, 0.4) is 0 Å². The number of pyridine rings is 1. The molecule has 1 aliphatic rings. The fraction of sp³-hybridized carbons (Fsp3) is 0.500. The van der Waals surface area contributed by atoms with E-state index in [0.717, 1.165) is 23.0 Å². The maximum Gasteiger partial charge on any atom is 0.213 e. The second-order valence-electron chi connectivity index (χ2n) is 3.75. The standard InChI is InChI=1S/C12H17N3OS/c1-3-9-8-17-12(14-9)15-10-5-6-11(13-7-10)16-4-2/h5-7,9H,3-4,8H2,1-2H3,(H,14,15). The molecule has 92 valence electrons. The molecule has 1 aliphatic heterocycles. The summed E-state index contributed by atoms with van der Waals surface area (Å²) >= 11 is 1.76. The molecule has 4 nitrogen and oxygen atoms in total. The van der Waals surface area contributed by atoms with Gasteiger partial charge in [0.15, 0.2) is 5.17 Å². The van der Waals surface area contributed by atoms with Gasteiger partial charge < -0.3 is 10.1 Å². The number of rotatable bonds is 4. The molecule has 1 aromatic rings. The second kappa shape index (κ2) is 5.91. The van der Waals surface area contributed by atoms with Crippen LogP contribution < -0.4 is 10.1 Å². The highest BCUT2D eigenvalue weighted by atomic mass is 32.2. The van der Waals surface area contributed by atoms with Crippen LogP contribution >= 0.6 is 11.8 Å². The SMILES string of the molecule is CCOc1ccc(NC2=NC(CC)CS2)cn1. The lowest BCUT2D eigenvalue weighted by Crippen LogP contribution is -2.05. The molecule has 0 spiro atoms. The van der Waals surface area contributed by atoms with Gasteiger partial charge in [0.1, 0.15) is 0 Å². The Labute approximate surface area is 106 Å². The molecule has 0 fully saturated rings. The van der Waals surface area contributed by atoms with E-state index >= 15 is 0 Å². The first-order valence-corrected chi connectivity index (χ1v) is 6.86. The third-order valence-electron chi connectivity index (χ3n) is 2.46. The van der Waals surface area contributed by atoms with Crippen molar-refractivity contribution in [3.63, 3.8) is 0 Å². The molecule has 0 saturated heterocycles. The first kappa shape index (κ1) is 12.2. The lowest BCUT2D eigenvalue weighted by Gasteiger charge is -2.05. The summed E-state index contributed by atoms with van der Waals surface area (Å²) in [6.45, 7) is 4.75. The van der Waals surface area contributed by atoms with Gasteiger partial charge >= 0.3 is 0 Å². The third kappa shape index (κ3) is 3.36. The van der Waals surface area contributed by atoms with Crippen molar-refractivity contribution < 1.29 is 4.74 Å². The minimum Gasteiger partial charge on any atom is -0.478 e. The molecule has 0 aliphatic carbocycles. The van der Waals surface area contributed by atoms with Crippen LogP contribution in [-0.2, 0) is 0 Å². The van der Waals surface area contributed by atoms with Crippen molar-refractivity contribution in [1.82, 2.24) is 4.98 Å². The Morgan fingerprint density at radius 2 is 2.35 bits per heavy atom. The number of hydrogen-bond donors (Lipinski definition) is 1. The van der Waals surface area contributed by atoms with E-state index in [1.807, 2.05) is 19.1 Å². The predicted molar refractivity (Wildman–Crippen MR) is 73.0 cm³/mol. The summed E-state index contributed by atoms with van der Waals surface area (Å²) in [5, 5.41) is 4.26. The largest absolute Gasteiger partial charge is 0.478 e. The van der Waals surface area contributed by atoms with Crippen LogP contribution in [0.25, 0.3) is 0 Å². The van der Waals surface area contributed by atoms with Crippen molar-refractivity contribution in [3.8, 4) is 5.88 Å².